The highest BCUT2D eigenvalue weighted by Crippen LogP contribution is 2.31. The molecule has 1 saturated heterocycles. The first-order valence-electron chi connectivity index (χ1n) is 9.09. The average molecular weight is 399 g/mol. The molecule has 1 amide bonds. The zero-order valence-electron chi connectivity index (χ0n) is 15.8. The molecular formula is C21H22FN3O2S. The molecule has 7 heteroatoms. The van der Waals surface area contributed by atoms with Gasteiger partial charge in [-0.05, 0) is 36.2 Å². The van der Waals surface area contributed by atoms with Crippen molar-refractivity contribution in [1.82, 2.24) is 4.90 Å². The molecule has 0 bridgehead atoms. The van der Waals surface area contributed by atoms with Crippen LogP contribution in [0.2, 0.25) is 0 Å². The SMILES string of the molecule is CCCC1S/C(=N\N=C\c2ccccc2OC)N(Cc2ccc(F)cc2)C1=O. The Labute approximate surface area is 168 Å². The Bertz CT molecular complexity index is 883. The smallest absolute Gasteiger partial charge is 0.242 e. The number of ether oxygens (including phenoxy) is 1. The van der Waals surface area contributed by atoms with Crippen LogP contribution in [0.3, 0.4) is 0 Å². The van der Waals surface area contributed by atoms with E-state index in [1.807, 2.05) is 31.2 Å². The van der Waals surface area contributed by atoms with Gasteiger partial charge in [0.25, 0.3) is 0 Å². The number of thioether (sulfide) groups is 1. The van der Waals surface area contributed by atoms with Crippen molar-refractivity contribution in [2.45, 2.75) is 31.6 Å². The standard InChI is InChI=1S/C21H22FN3O2S/c1-3-6-19-20(26)25(14-15-9-11-17(22)12-10-15)21(28-19)24-23-13-16-7-4-5-8-18(16)27-2/h4-5,7-13,19H,3,6,14H2,1-2H3/b23-13+,24-21-. The van der Waals surface area contributed by atoms with E-state index in [1.54, 1.807) is 30.4 Å². The van der Waals surface area contributed by atoms with Gasteiger partial charge in [-0.25, -0.2) is 4.39 Å². The second kappa shape index (κ2) is 9.50. The second-order valence-corrected chi connectivity index (χ2v) is 7.48. The monoisotopic (exact) mass is 399 g/mol. The van der Waals surface area contributed by atoms with Gasteiger partial charge in [0.05, 0.1) is 25.1 Å². The molecule has 3 rings (SSSR count). The molecule has 146 valence electrons. The molecule has 2 aromatic carbocycles. The van der Waals surface area contributed by atoms with Gasteiger partial charge in [0.1, 0.15) is 11.6 Å². The van der Waals surface area contributed by atoms with Crippen LogP contribution in [0.5, 0.6) is 5.75 Å². The van der Waals surface area contributed by atoms with Gasteiger partial charge in [0.15, 0.2) is 5.17 Å². The molecular weight excluding hydrogens is 377 g/mol. The van der Waals surface area contributed by atoms with Crippen molar-refractivity contribution in [3.63, 3.8) is 0 Å². The van der Waals surface area contributed by atoms with Crippen molar-refractivity contribution >= 4 is 29.1 Å². The topological polar surface area (TPSA) is 54.3 Å². The van der Waals surface area contributed by atoms with E-state index in [9.17, 15) is 9.18 Å². The van der Waals surface area contributed by atoms with Gasteiger partial charge < -0.3 is 4.74 Å². The number of methoxy groups -OCH3 is 1. The third-order valence-corrected chi connectivity index (χ3v) is 5.54. The largest absolute Gasteiger partial charge is 0.496 e. The van der Waals surface area contributed by atoms with Crippen LogP contribution in [-0.2, 0) is 11.3 Å². The number of nitrogens with zero attached hydrogens (tertiary/aromatic N) is 3. The molecule has 5 nitrogen and oxygen atoms in total. The van der Waals surface area contributed by atoms with Crippen LogP contribution < -0.4 is 4.74 Å². The summed E-state index contributed by atoms with van der Waals surface area (Å²) in [5.74, 6) is 0.418. The van der Waals surface area contributed by atoms with Crippen molar-refractivity contribution < 1.29 is 13.9 Å². The van der Waals surface area contributed by atoms with Gasteiger partial charge in [0, 0.05) is 5.56 Å². The van der Waals surface area contributed by atoms with Crippen LogP contribution in [0.25, 0.3) is 0 Å². The van der Waals surface area contributed by atoms with E-state index >= 15 is 0 Å². The summed E-state index contributed by atoms with van der Waals surface area (Å²) in [4.78, 5) is 14.4. The summed E-state index contributed by atoms with van der Waals surface area (Å²) >= 11 is 1.43. The van der Waals surface area contributed by atoms with Crippen LogP contribution in [0, 0.1) is 5.82 Å². The maximum Gasteiger partial charge on any atom is 0.242 e. The van der Waals surface area contributed by atoms with Crippen molar-refractivity contribution in [2.75, 3.05) is 7.11 Å². The molecule has 1 atom stereocenters. The summed E-state index contributed by atoms with van der Waals surface area (Å²) in [6, 6.07) is 13.6. The molecule has 0 N–H and O–H groups in total. The minimum atomic E-state index is -0.301. The number of para-hydroxylation sites is 1. The second-order valence-electron chi connectivity index (χ2n) is 6.32. The molecule has 0 aromatic heterocycles. The van der Waals surface area contributed by atoms with E-state index in [0.717, 1.165) is 24.0 Å². The molecule has 0 aliphatic carbocycles. The van der Waals surface area contributed by atoms with E-state index in [0.29, 0.717) is 17.5 Å². The fourth-order valence-corrected chi connectivity index (χ4v) is 4.08. The number of carbonyl (C=O) groups excluding carboxylic acids is 1. The number of hydrogen-bond acceptors (Lipinski definition) is 5. The Kier molecular flexibility index (Phi) is 6.81. The summed E-state index contributed by atoms with van der Waals surface area (Å²) in [5.41, 5.74) is 1.65. The molecule has 0 spiro atoms. The van der Waals surface area contributed by atoms with Gasteiger partial charge in [-0.2, -0.15) is 5.10 Å². The van der Waals surface area contributed by atoms with Gasteiger partial charge in [0.2, 0.25) is 5.91 Å². The van der Waals surface area contributed by atoms with Crippen LogP contribution in [-0.4, -0.2) is 34.5 Å². The first kappa shape index (κ1) is 20.1. The molecule has 1 heterocycles. The Hall–Kier alpha value is -2.67. The van der Waals surface area contributed by atoms with Gasteiger partial charge in [-0.15, -0.1) is 5.10 Å². The van der Waals surface area contributed by atoms with Crippen LogP contribution in [0.1, 0.15) is 30.9 Å². The predicted octanol–water partition coefficient (Wildman–Crippen LogP) is 4.47. The number of hydrogen-bond donors (Lipinski definition) is 0. The molecule has 0 radical (unpaired) electrons. The highest BCUT2D eigenvalue weighted by molar-refractivity contribution is 8.15. The van der Waals surface area contributed by atoms with Crippen LogP contribution in [0.4, 0.5) is 4.39 Å². The zero-order chi connectivity index (χ0) is 19.9. The van der Waals surface area contributed by atoms with E-state index in [1.165, 1.54) is 23.9 Å². The lowest BCUT2D eigenvalue weighted by atomic mass is 10.2. The summed E-state index contributed by atoms with van der Waals surface area (Å²) < 4.78 is 18.5. The quantitative estimate of drug-likeness (QED) is 0.510. The number of halogens is 1. The Morgan fingerprint density at radius 3 is 2.68 bits per heavy atom. The molecule has 28 heavy (non-hydrogen) atoms. The number of carbonyl (C=O) groups is 1. The first-order valence-corrected chi connectivity index (χ1v) is 9.97. The summed E-state index contributed by atoms with van der Waals surface area (Å²) in [7, 11) is 1.60. The Balaban J connectivity index is 1.82. The van der Waals surface area contributed by atoms with Crippen molar-refractivity contribution in [1.29, 1.82) is 0 Å². The summed E-state index contributed by atoms with van der Waals surface area (Å²) in [5, 5.41) is 8.87. The summed E-state index contributed by atoms with van der Waals surface area (Å²) in [6.45, 7) is 2.39. The number of rotatable bonds is 7. The molecule has 2 aromatic rings. The zero-order valence-corrected chi connectivity index (χ0v) is 16.7. The lowest BCUT2D eigenvalue weighted by Crippen LogP contribution is -2.31. The van der Waals surface area contributed by atoms with E-state index in [2.05, 4.69) is 10.2 Å². The van der Waals surface area contributed by atoms with Crippen LogP contribution in [0.15, 0.2) is 58.7 Å². The fraction of sp³-hybridized carbons (Fsp3) is 0.286. The fourth-order valence-electron chi connectivity index (χ4n) is 2.86. The van der Waals surface area contributed by atoms with E-state index in [-0.39, 0.29) is 17.0 Å². The number of amidine groups is 1. The van der Waals surface area contributed by atoms with E-state index in [4.69, 9.17) is 4.74 Å². The highest BCUT2D eigenvalue weighted by Gasteiger charge is 2.37. The van der Waals surface area contributed by atoms with Gasteiger partial charge >= 0.3 is 0 Å². The Morgan fingerprint density at radius 1 is 1.21 bits per heavy atom. The lowest BCUT2D eigenvalue weighted by Gasteiger charge is -2.15. The van der Waals surface area contributed by atoms with Crippen molar-refractivity contribution in [3.8, 4) is 5.75 Å². The maximum atomic E-state index is 13.2. The minimum Gasteiger partial charge on any atom is -0.496 e. The first-order chi connectivity index (χ1) is 13.6. The molecule has 1 aliphatic rings. The van der Waals surface area contributed by atoms with Crippen LogP contribution >= 0.6 is 11.8 Å². The Morgan fingerprint density at radius 2 is 1.96 bits per heavy atom. The third kappa shape index (κ3) is 4.78. The molecule has 1 aliphatic heterocycles. The van der Waals surface area contributed by atoms with Gasteiger partial charge in [-0.1, -0.05) is 49.4 Å². The predicted molar refractivity (Wildman–Crippen MR) is 111 cm³/mol. The number of amides is 1. The minimum absolute atomic E-state index is 0.0161. The average Bonchev–Trinajstić information content (AvgIpc) is 2.99. The number of benzene rings is 2. The van der Waals surface area contributed by atoms with Crippen molar-refractivity contribution in [2.24, 2.45) is 10.2 Å². The lowest BCUT2D eigenvalue weighted by molar-refractivity contribution is -0.126. The third-order valence-electron chi connectivity index (χ3n) is 4.30. The summed E-state index contributed by atoms with van der Waals surface area (Å²) in [6.07, 6.45) is 3.30. The molecule has 1 fully saturated rings. The normalized spacial score (nSPS) is 18.4. The maximum absolute atomic E-state index is 13.2. The van der Waals surface area contributed by atoms with E-state index < -0.39 is 0 Å². The van der Waals surface area contributed by atoms with Gasteiger partial charge in [-0.3, -0.25) is 9.69 Å². The molecule has 1 unspecified atom stereocenters. The highest BCUT2D eigenvalue weighted by atomic mass is 32.2. The van der Waals surface area contributed by atoms with Crippen molar-refractivity contribution in [3.05, 3.63) is 65.5 Å². The molecule has 0 saturated carbocycles.